The summed E-state index contributed by atoms with van der Waals surface area (Å²) in [7, 11) is 0. The summed E-state index contributed by atoms with van der Waals surface area (Å²) in [5, 5.41) is 6.55. The summed E-state index contributed by atoms with van der Waals surface area (Å²) in [5.74, 6) is 0.854. The van der Waals surface area contributed by atoms with E-state index in [2.05, 4.69) is 45.3 Å². The zero-order chi connectivity index (χ0) is 12.8. The lowest BCUT2D eigenvalue weighted by molar-refractivity contribution is -0.124. The average molecular weight is 238 g/mol. The first kappa shape index (κ1) is 12.9. The van der Waals surface area contributed by atoms with E-state index in [1.165, 1.54) is 6.42 Å². The summed E-state index contributed by atoms with van der Waals surface area (Å²) in [6.45, 7) is 12.1. The van der Waals surface area contributed by atoms with Crippen LogP contribution in [0.15, 0.2) is 0 Å². The molecule has 0 aromatic heterocycles. The van der Waals surface area contributed by atoms with Crippen molar-refractivity contribution in [3.05, 3.63) is 0 Å². The standard InChI is InChI=1S/C14H26N2O/c1-9-6-7-15-10(8-9)11(17)16-12-13(2,3)14(12,4)5/h9-10,12,15H,6-8H2,1-5H3,(H,16,17). The van der Waals surface area contributed by atoms with E-state index in [9.17, 15) is 4.79 Å². The second-order valence-electron chi connectivity index (χ2n) is 7.02. The Morgan fingerprint density at radius 3 is 2.29 bits per heavy atom. The van der Waals surface area contributed by atoms with E-state index in [1.54, 1.807) is 0 Å². The molecule has 1 amide bonds. The van der Waals surface area contributed by atoms with Gasteiger partial charge in [-0.2, -0.15) is 0 Å². The van der Waals surface area contributed by atoms with Crippen LogP contribution in [0.1, 0.15) is 47.5 Å². The van der Waals surface area contributed by atoms with Gasteiger partial charge in [-0.05, 0) is 36.1 Å². The molecule has 0 spiro atoms. The smallest absolute Gasteiger partial charge is 0.237 e. The van der Waals surface area contributed by atoms with Crippen LogP contribution >= 0.6 is 0 Å². The first-order chi connectivity index (χ1) is 7.76. The lowest BCUT2D eigenvalue weighted by Gasteiger charge is -2.27. The van der Waals surface area contributed by atoms with Crippen molar-refractivity contribution in [1.82, 2.24) is 10.6 Å². The molecule has 1 aliphatic carbocycles. The van der Waals surface area contributed by atoms with Gasteiger partial charge >= 0.3 is 0 Å². The highest BCUT2D eigenvalue weighted by Crippen LogP contribution is 2.62. The van der Waals surface area contributed by atoms with Crippen LogP contribution in [0.2, 0.25) is 0 Å². The largest absolute Gasteiger partial charge is 0.351 e. The molecular weight excluding hydrogens is 212 g/mol. The van der Waals surface area contributed by atoms with Gasteiger partial charge in [0.2, 0.25) is 5.91 Å². The molecule has 1 saturated carbocycles. The topological polar surface area (TPSA) is 41.1 Å². The maximum absolute atomic E-state index is 12.2. The van der Waals surface area contributed by atoms with Crippen molar-refractivity contribution in [2.75, 3.05) is 6.54 Å². The van der Waals surface area contributed by atoms with Crippen LogP contribution in [-0.2, 0) is 4.79 Å². The van der Waals surface area contributed by atoms with Crippen molar-refractivity contribution in [1.29, 1.82) is 0 Å². The van der Waals surface area contributed by atoms with Gasteiger partial charge in [0.15, 0.2) is 0 Å². The van der Waals surface area contributed by atoms with Crippen molar-refractivity contribution >= 4 is 5.91 Å². The number of hydrogen-bond acceptors (Lipinski definition) is 2. The molecule has 2 N–H and O–H groups in total. The molecule has 2 unspecified atom stereocenters. The first-order valence-corrected chi connectivity index (χ1v) is 6.80. The van der Waals surface area contributed by atoms with Crippen LogP contribution in [0.4, 0.5) is 0 Å². The van der Waals surface area contributed by atoms with E-state index < -0.39 is 0 Å². The molecule has 3 heteroatoms. The molecule has 2 fully saturated rings. The van der Waals surface area contributed by atoms with Crippen molar-refractivity contribution < 1.29 is 4.79 Å². The molecule has 2 rings (SSSR count). The second kappa shape index (κ2) is 3.98. The fourth-order valence-electron chi connectivity index (χ4n) is 3.11. The molecule has 2 atom stereocenters. The molecule has 3 nitrogen and oxygen atoms in total. The Balaban J connectivity index is 1.90. The van der Waals surface area contributed by atoms with E-state index in [0.717, 1.165) is 13.0 Å². The molecule has 2 aliphatic rings. The molecular formula is C14H26N2O. The van der Waals surface area contributed by atoms with E-state index in [0.29, 0.717) is 12.0 Å². The summed E-state index contributed by atoms with van der Waals surface area (Å²) in [6.07, 6.45) is 2.16. The van der Waals surface area contributed by atoms with Gasteiger partial charge in [0.1, 0.15) is 0 Å². The Morgan fingerprint density at radius 2 is 1.82 bits per heavy atom. The van der Waals surface area contributed by atoms with Gasteiger partial charge in [0.25, 0.3) is 0 Å². The third-order valence-electron chi connectivity index (χ3n) is 5.29. The lowest BCUT2D eigenvalue weighted by Crippen LogP contribution is -2.49. The average Bonchev–Trinajstić information content (AvgIpc) is 2.61. The van der Waals surface area contributed by atoms with Crippen LogP contribution < -0.4 is 10.6 Å². The van der Waals surface area contributed by atoms with Crippen LogP contribution in [0.3, 0.4) is 0 Å². The lowest BCUT2D eigenvalue weighted by atomic mass is 9.94. The number of carbonyl (C=O) groups excluding carboxylic acids is 1. The third-order valence-corrected chi connectivity index (χ3v) is 5.29. The highest BCUT2D eigenvalue weighted by Gasteiger charge is 2.65. The number of rotatable bonds is 2. The van der Waals surface area contributed by atoms with Crippen molar-refractivity contribution in [2.24, 2.45) is 16.7 Å². The highest BCUT2D eigenvalue weighted by molar-refractivity contribution is 5.82. The third kappa shape index (κ3) is 2.10. The van der Waals surface area contributed by atoms with Gasteiger partial charge in [0, 0.05) is 6.04 Å². The number of piperidine rings is 1. The SMILES string of the molecule is CC1CCNC(C(=O)NC2C(C)(C)C2(C)C)C1. The molecule has 17 heavy (non-hydrogen) atoms. The summed E-state index contributed by atoms with van der Waals surface area (Å²) >= 11 is 0. The zero-order valence-corrected chi connectivity index (χ0v) is 11.8. The van der Waals surface area contributed by atoms with Gasteiger partial charge in [-0.25, -0.2) is 0 Å². The Kier molecular flexibility index (Phi) is 3.01. The monoisotopic (exact) mass is 238 g/mol. The quantitative estimate of drug-likeness (QED) is 0.772. The van der Waals surface area contributed by atoms with Crippen LogP contribution in [0.25, 0.3) is 0 Å². The molecule has 0 radical (unpaired) electrons. The predicted octanol–water partition coefficient (Wildman–Crippen LogP) is 1.93. The van der Waals surface area contributed by atoms with E-state index in [1.807, 2.05) is 0 Å². The predicted molar refractivity (Wildman–Crippen MR) is 69.7 cm³/mol. The Hall–Kier alpha value is -0.570. The van der Waals surface area contributed by atoms with Gasteiger partial charge in [-0.1, -0.05) is 34.6 Å². The van der Waals surface area contributed by atoms with Crippen LogP contribution in [0.5, 0.6) is 0 Å². The minimum absolute atomic E-state index is 0.0194. The molecule has 0 bridgehead atoms. The van der Waals surface area contributed by atoms with Crippen LogP contribution in [-0.4, -0.2) is 24.5 Å². The maximum atomic E-state index is 12.2. The van der Waals surface area contributed by atoms with Crippen molar-refractivity contribution in [3.8, 4) is 0 Å². The summed E-state index contributed by atoms with van der Waals surface area (Å²) in [4.78, 5) is 12.2. The van der Waals surface area contributed by atoms with Gasteiger partial charge in [0.05, 0.1) is 6.04 Å². The fraction of sp³-hybridized carbons (Fsp3) is 0.929. The van der Waals surface area contributed by atoms with Gasteiger partial charge in [-0.3, -0.25) is 4.79 Å². The molecule has 1 saturated heterocycles. The molecule has 1 heterocycles. The Morgan fingerprint density at radius 1 is 1.24 bits per heavy atom. The van der Waals surface area contributed by atoms with Crippen LogP contribution in [0, 0.1) is 16.7 Å². The molecule has 0 aromatic rings. The van der Waals surface area contributed by atoms with Crippen molar-refractivity contribution in [3.63, 3.8) is 0 Å². The number of amides is 1. The molecule has 98 valence electrons. The zero-order valence-electron chi connectivity index (χ0n) is 11.8. The molecule has 0 aromatic carbocycles. The highest BCUT2D eigenvalue weighted by atomic mass is 16.2. The Bertz CT molecular complexity index is 308. The van der Waals surface area contributed by atoms with E-state index >= 15 is 0 Å². The normalized spacial score (nSPS) is 35.4. The first-order valence-electron chi connectivity index (χ1n) is 6.80. The minimum atomic E-state index is 0.0194. The van der Waals surface area contributed by atoms with E-state index in [4.69, 9.17) is 0 Å². The number of nitrogens with one attached hydrogen (secondary N) is 2. The number of hydrogen-bond donors (Lipinski definition) is 2. The summed E-state index contributed by atoms with van der Waals surface area (Å²) in [5.41, 5.74) is 0.450. The molecule has 1 aliphatic heterocycles. The van der Waals surface area contributed by atoms with Gasteiger partial charge < -0.3 is 10.6 Å². The van der Waals surface area contributed by atoms with Gasteiger partial charge in [-0.15, -0.1) is 0 Å². The number of carbonyl (C=O) groups is 1. The minimum Gasteiger partial charge on any atom is -0.351 e. The summed E-state index contributed by atoms with van der Waals surface area (Å²) in [6, 6.07) is 0.340. The van der Waals surface area contributed by atoms with Crippen molar-refractivity contribution in [2.45, 2.75) is 59.5 Å². The second-order valence-corrected chi connectivity index (χ2v) is 7.02. The fourth-order valence-corrected chi connectivity index (χ4v) is 3.11. The summed E-state index contributed by atoms with van der Waals surface area (Å²) < 4.78 is 0. The maximum Gasteiger partial charge on any atom is 0.237 e. The Labute approximate surface area is 105 Å². The van der Waals surface area contributed by atoms with E-state index in [-0.39, 0.29) is 22.8 Å².